The first kappa shape index (κ1) is 18.0. The molecule has 0 bridgehead atoms. The van der Waals surface area contributed by atoms with E-state index in [9.17, 15) is 13.2 Å². The van der Waals surface area contributed by atoms with Crippen molar-refractivity contribution < 1.29 is 13.2 Å². The van der Waals surface area contributed by atoms with Gasteiger partial charge in [-0.05, 0) is 54.7 Å². The molecule has 3 rings (SSSR count). The van der Waals surface area contributed by atoms with Gasteiger partial charge < -0.3 is 16.4 Å². The van der Waals surface area contributed by atoms with Gasteiger partial charge in [-0.15, -0.1) is 0 Å². The monoisotopic (exact) mass is 363 g/mol. The SMILES string of the molecule is NC(=NCCNc1ncccc1C(F)(F)F)Nc1ccc2c(c1)CCC2. The number of hydrogen-bond acceptors (Lipinski definition) is 3. The number of aromatic nitrogens is 1. The molecular weight excluding hydrogens is 343 g/mol. The Hall–Kier alpha value is -2.77. The summed E-state index contributed by atoms with van der Waals surface area (Å²) in [7, 11) is 0. The van der Waals surface area contributed by atoms with Crippen molar-refractivity contribution in [2.75, 3.05) is 23.7 Å². The van der Waals surface area contributed by atoms with E-state index in [0.717, 1.165) is 24.6 Å². The Morgan fingerprint density at radius 3 is 2.81 bits per heavy atom. The highest BCUT2D eigenvalue weighted by atomic mass is 19.4. The summed E-state index contributed by atoms with van der Waals surface area (Å²) in [5.74, 6) is 0.0159. The van der Waals surface area contributed by atoms with Crippen molar-refractivity contribution in [2.24, 2.45) is 10.7 Å². The largest absolute Gasteiger partial charge is 0.419 e. The molecule has 0 unspecified atom stereocenters. The highest BCUT2D eigenvalue weighted by Crippen LogP contribution is 2.33. The second-order valence-electron chi connectivity index (χ2n) is 6.05. The number of fused-ring (bicyclic) bond motifs is 1. The fraction of sp³-hybridized carbons (Fsp3) is 0.333. The number of pyridine rings is 1. The van der Waals surface area contributed by atoms with E-state index in [4.69, 9.17) is 5.73 Å². The highest BCUT2D eigenvalue weighted by Gasteiger charge is 2.33. The summed E-state index contributed by atoms with van der Waals surface area (Å²) < 4.78 is 38.7. The smallest absolute Gasteiger partial charge is 0.370 e. The summed E-state index contributed by atoms with van der Waals surface area (Å²) >= 11 is 0. The maximum absolute atomic E-state index is 12.9. The average molecular weight is 363 g/mol. The van der Waals surface area contributed by atoms with Gasteiger partial charge in [0.25, 0.3) is 0 Å². The minimum Gasteiger partial charge on any atom is -0.370 e. The average Bonchev–Trinajstić information content (AvgIpc) is 3.06. The van der Waals surface area contributed by atoms with Gasteiger partial charge in [-0.3, -0.25) is 4.99 Å². The van der Waals surface area contributed by atoms with E-state index in [0.29, 0.717) is 0 Å². The molecule has 4 N–H and O–H groups in total. The van der Waals surface area contributed by atoms with E-state index in [1.165, 1.54) is 29.8 Å². The maximum Gasteiger partial charge on any atom is 0.419 e. The third-order valence-corrected chi connectivity index (χ3v) is 4.17. The number of alkyl halides is 3. The Morgan fingerprint density at radius 2 is 2.00 bits per heavy atom. The molecule has 0 spiro atoms. The maximum atomic E-state index is 12.9. The Balaban J connectivity index is 1.53. The Morgan fingerprint density at radius 1 is 1.19 bits per heavy atom. The van der Waals surface area contributed by atoms with Gasteiger partial charge in [-0.2, -0.15) is 13.2 Å². The van der Waals surface area contributed by atoms with Gasteiger partial charge in [-0.25, -0.2) is 4.98 Å². The quantitative estimate of drug-likeness (QED) is 0.432. The number of guanidine groups is 1. The molecule has 0 aliphatic heterocycles. The normalized spacial score (nSPS) is 14.2. The number of aliphatic imine (C=N–C) groups is 1. The summed E-state index contributed by atoms with van der Waals surface area (Å²) in [6.07, 6.45) is 0.204. The number of hydrogen-bond donors (Lipinski definition) is 3. The van der Waals surface area contributed by atoms with Gasteiger partial charge >= 0.3 is 6.18 Å². The van der Waals surface area contributed by atoms with Crippen LogP contribution in [-0.4, -0.2) is 24.0 Å². The molecule has 0 radical (unpaired) electrons. The van der Waals surface area contributed by atoms with Crippen molar-refractivity contribution in [1.29, 1.82) is 0 Å². The van der Waals surface area contributed by atoms with E-state index in [1.54, 1.807) is 0 Å². The van der Waals surface area contributed by atoms with E-state index < -0.39 is 11.7 Å². The molecule has 0 atom stereocenters. The lowest BCUT2D eigenvalue weighted by Crippen LogP contribution is -2.24. The van der Waals surface area contributed by atoms with Crippen LogP contribution in [0.5, 0.6) is 0 Å². The molecule has 1 aromatic heterocycles. The first-order valence-electron chi connectivity index (χ1n) is 8.38. The third kappa shape index (κ3) is 4.44. The van der Waals surface area contributed by atoms with Crippen LogP contribution in [0, 0.1) is 0 Å². The van der Waals surface area contributed by atoms with Crippen molar-refractivity contribution >= 4 is 17.5 Å². The lowest BCUT2D eigenvalue weighted by atomic mass is 10.1. The van der Waals surface area contributed by atoms with Gasteiger partial charge in [0, 0.05) is 18.4 Å². The predicted octanol–water partition coefficient (Wildman–Crippen LogP) is 3.43. The zero-order valence-corrected chi connectivity index (χ0v) is 14.1. The number of nitrogens with one attached hydrogen (secondary N) is 2. The number of nitrogens with zero attached hydrogens (tertiary/aromatic N) is 2. The Labute approximate surface area is 149 Å². The molecular formula is C18H20F3N5. The summed E-state index contributed by atoms with van der Waals surface area (Å²) in [6.45, 7) is 0.407. The number of benzene rings is 1. The second kappa shape index (κ2) is 7.63. The molecule has 8 heteroatoms. The van der Waals surface area contributed by atoms with E-state index in [1.807, 2.05) is 6.07 Å². The Bertz CT molecular complexity index is 802. The molecule has 0 fully saturated rings. The number of anilines is 2. The zero-order chi connectivity index (χ0) is 18.6. The van der Waals surface area contributed by atoms with E-state index in [2.05, 4.69) is 32.7 Å². The van der Waals surface area contributed by atoms with Crippen molar-refractivity contribution in [3.8, 4) is 0 Å². The summed E-state index contributed by atoms with van der Waals surface area (Å²) in [5, 5.41) is 5.66. The predicted molar refractivity (Wildman–Crippen MR) is 96.3 cm³/mol. The van der Waals surface area contributed by atoms with Crippen LogP contribution < -0.4 is 16.4 Å². The van der Waals surface area contributed by atoms with Crippen molar-refractivity contribution in [3.05, 3.63) is 53.2 Å². The minimum atomic E-state index is -4.45. The molecule has 0 saturated carbocycles. The fourth-order valence-corrected chi connectivity index (χ4v) is 2.96. The van der Waals surface area contributed by atoms with Crippen molar-refractivity contribution in [2.45, 2.75) is 25.4 Å². The molecule has 1 aromatic carbocycles. The Kier molecular flexibility index (Phi) is 5.29. The minimum absolute atomic E-state index is 0.187. The molecule has 2 aromatic rings. The highest BCUT2D eigenvalue weighted by molar-refractivity contribution is 5.92. The fourth-order valence-electron chi connectivity index (χ4n) is 2.96. The van der Waals surface area contributed by atoms with Crippen LogP contribution in [0.1, 0.15) is 23.1 Å². The van der Waals surface area contributed by atoms with Crippen LogP contribution in [0.15, 0.2) is 41.5 Å². The summed E-state index contributed by atoms with van der Waals surface area (Å²) in [4.78, 5) is 7.87. The van der Waals surface area contributed by atoms with Crippen molar-refractivity contribution in [1.82, 2.24) is 4.98 Å². The second-order valence-corrected chi connectivity index (χ2v) is 6.05. The van der Waals surface area contributed by atoms with Gasteiger partial charge in [0.15, 0.2) is 5.96 Å². The van der Waals surface area contributed by atoms with Crippen LogP contribution in [0.25, 0.3) is 0 Å². The zero-order valence-electron chi connectivity index (χ0n) is 14.1. The topological polar surface area (TPSA) is 75.3 Å². The number of aryl methyl sites for hydroxylation is 2. The molecule has 26 heavy (non-hydrogen) atoms. The molecule has 0 amide bonds. The third-order valence-electron chi connectivity index (χ3n) is 4.17. The van der Waals surface area contributed by atoms with Crippen LogP contribution in [0.3, 0.4) is 0 Å². The van der Waals surface area contributed by atoms with Crippen LogP contribution >= 0.6 is 0 Å². The van der Waals surface area contributed by atoms with Gasteiger partial charge in [0.2, 0.25) is 0 Å². The van der Waals surface area contributed by atoms with Crippen LogP contribution in [-0.2, 0) is 19.0 Å². The number of halogens is 3. The summed E-state index contributed by atoms with van der Waals surface area (Å²) in [5.41, 5.74) is 8.60. The van der Waals surface area contributed by atoms with E-state index >= 15 is 0 Å². The van der Waals surface area contributed by atoms with Crippen LogP contribution in [0.4, 0.5) is 24.7 Å². The first-order valence-corrected chi connectivity index (χ1v) is 8.38. The molecule has 138 valence electrons. The molecule has 1 aliphatic rings. The molecule has 0 saturated heterocycles. The number of rotatable bonds is 5. The number of nitrogens with two attached hydrogens (primary N) is 1. The lowest BCUT2D eigenvalue weighted by Gasteiger charge is -2.12. The van der Waals surface area contributed by atoms with E-state index in [-0.39, 0.29) is 24.9 Å². The molecule has 1 aliphatic carbocycles. The summed E-state index contributed by atoms with van der Waals surface area (Å²) in [6, 6.07) is 8.34. The lowest BCUT2D eigenvalue weighted by molar-refractivity contribution is -0.137. The molecule has 5 nitrogen and oxygen atoms in total. The standard InChI is InChI=1S/C18H20F3N5/c19-18(20,21)15-5-2-8-23-16(15)24-9-10-25-17(22)26-14-7-6-12-3-1-4-13(12)11-14/h2,5-8,11H,1,3-4,9-10H2,(H,23,24)(H3,22,25,26). The van der Waals surface area contributed by atoms with Crippen LogP contribution in [0.2, 0.25) is 0 Å². The molecule has 1 heterocycles. The van der Waals surface area contributed by atoms with Gasteiger partial charge in [-0.1, -0.05) is 6.07 Å². The first-order chi connectivity index (χ1) is 12.4. The van der Waals surface area contributed by atoms with Crippen molar-refractivity contribution in [3.63, 3.8) is 0 Å². The van der Waals surface area contributed by atoms with Gasteiger partial charge in [0.05, 0.1) is 12.1 Å². The van der Waals surface area contributed by atoms with Gasteiger partial charge in [0.1, 0.15) is 5.82 Å².